The molecule has 0 saturated heterocycles. The molecule has 0 saturated carbocycles. The minimum atomic E-state index is -4.36. The third-order valence-electron chi connectivity index (χ3n) is 4.84. The van der Waals surface area contributed by atoms with Crippen LogP contribution in [-0.2, 0) is 0 Å². The number of fused-ring (bicyclic) bond motifs is 1. The van der Waals surface area contributed by atoms with Crippen molar-refractivity contribution in [3.8, 4) is 23.1 Å². The summed E-state index contributed by atoms with van der Waals surface area (Å²) in [5, 5.41) is 10.7. The number of benzene rings is 2. The maximum Gasteiger partial charge on any atom is 0.461 e. The van der Waals surface area contributed by atoms with Crippen LogP contribution in [0.2, 0.25) is 0 Å². The van der Waals surface area contributed by atoms with E-state index in [1.165, 1.54) is 25.4 Å². The van der Waals surface area contributed by atoms with Crippen LogP contribution >= 0.6 is 11.9 Å². The first-order valence-corrected chi connectivity index (χ1v) is 11.0. The number of amides is 1. The second-order valence-electron chi connectivity index (χ2n) is 7.33. The number of hydrogen-bond acceptors (Lipinski definition) is 6. The van der Waals surface area contributed by atoms with E-state index >= 15 is 0 Å². The van der Waals surface area contributed by atoms with Gasteiger partial charge in [0.2, 0.25) is 0 Å². The average molecular weight is 494 g/mol. The number of aromatic nitrogens is 2. The van der Waals surface area contributed by atoms with Gasteiger partial charge in [-0.25, -0.2) is 10.0 Å². The van der Waals surface area contributed by atoms with Crippen molar-refractivity contribution in [3.63, 3.8) is 0 Å². The van der Waals surface area contributed by atoms with Gasteiger partial charge in [-0.15, -0.1) is 0 Å². The van der Waals surface area contributed by atoms with Gasteiger partial charge >= 0.3 is 5.51 Å². The van der Waals surface area contributed by atoms with Gasteiger partial charge in [-0.2, -0.15) is 13.2 Å². The van der Waals surface area contributed by atoms with E-state index in [0.29, 0.717) is 32.9 Å². The number of alkyl halides is 3. The molecule has 0 aliphatic heterocycles. The summed E-state index contributed by atoms with van der Waals surface area (Å²) in [6.45, 7) is 0. The molecule has 0 bridgehead atoms. The van der Waals surface area contributed by atoms with Crippen molar-refractivity contribution in [3.05, 3.63) is 89.7 Å². The van der Waals surface area contributed by atoms with E-state index in [4.69, 9.17) is 0 Å². The highest BCUT2D eigenvalue weighted by Crippen LogP contribution is 2.31. The van der Waals surface area contributed by atoms with Crippen molar-refractivity contribution in [1.29, 1.82) is 0 Å². The molecule has 0 aliphatic carbocycles. The smallest absolute Gasteiger partial charge is 0.323 e. The molecule has 4 rings (SSSR count). The minimum absolute atomic E-state index is 0.276. The van der Waals surface area contributed by atoms with Gasteiger partial charge in [-0.3, -0.25) is 15.0 Å². The van der Waals surface area contributed by atoms with Crippen LogP contribution in [0, 0.1) is 11.8 Å². The van der Waals surface area contributed by atoms with Gasteiger partial charge in [0.25, 0.3) is 5.91 Å². The lowest BCUT2D eigenvalue weighted by Crippen LogP contribution is -2.23. The lowest BCUT2D eigenvalue weighted by atomic mass is 10.0. The molecule has 0 radical (unpaired) electrons. The van der Waals surface area contributed by atoms with Crippen molar-refractivity contribution in [2.45, 2.75) is 5.51 Å². The standard InChI is InChI=1S/C25H17F3N4O2S/c1-32(34)24(33)20-14-23(30-22-12-13-29-15-21(20)22)18-8-4-16(5-9-18)2-3-17-6-10-19(11-7-17)31-35-25(26,27)28/h4-15,31,34H,1H3. The highest BCUT2D eigenvalue weighted by Gasteiger charge is 2.28. The molecule has 2 aromatic carbocycles. The molecule has 2 heterocycles. The van der Waals surface area contributed by atoms with Crippen LogP contribution < -0.4 is 4.72 Å². The number of anilines is 1. The Kier molecular flexibility index (Phi) is 6.91. The fraction of sp³-hybridized carbons (Fsp3) is 0.0800. The second-order valence-corrected chi connectivity index (χ2v) is 8.20. The third kappa shape index (κ3) is 6.09. The zero-order chi connectivity index (χ0) is 25.0. The molecule has 35 heavy (non-hydrogen) atoms. The van der Waals surface area contributed by atoms with Gasteiger partial charge in [0.15, 0.2) is 0 Å². The van der Waals surface area contributed by atoms with E-state index in [1.807, 2.05) is 12.1 Å². The Bertz CT molecular complexity index is 1430. The second kappa shape index (κ2) is 10.0. The molecule has 0 atom stereocenters. The molecule has 0 fully saturated rings. The number of rotatable bonds is 4. The number of carbonyl (C=O) groups excluding carboxylic acids is 1. The van der Waals surface area contributed by atoms with E-state index in [1.54, 1.807) is 42.6 Å². The topological polar surface area (TPSA) is 78.4 Å². The van der Waals surface area contributed by atoms with E-state index in [9.17, 15) is 23.2 Å². The highest BCUT2D eigenvalue weighted by molar-refractivity contribution is 8.01. The van der Waals surface area contributed by atoms with Crippen LogP contribution in [-0.4, -0.2) is 38.7 Å². The van der Waals surface area contributed by atoms with Crippen LogP contribution in [0.25, 0.3) is 22.2 Å². The number of halogens is 3. The Labute approximate surface area is 202 Å². The lowest BCUT2D eigenvalue weighted by molar-refractivity contribution is -0.0373. The Morgan fingerprint density at radius 3 is 2.26 bits per heavy atom. The summed E-state index contributed by atoms with van der Waals surface area (Å²) in [6.07, 6.45) is 3.10. The molecule has 6 nitrogen and oxygen atoms in total. The van der Waals surface area contributed by atoms with Crippen molar-refractivity contribution < 1.29 is 23.2 Å². The van der Waals surface area contributed by atoms with Crippen LogP contribution in [0.15, 0.2) is 73.1 Å². The summed E-state index contributed by atoms with van der Waals surface area (Å²) in [5.74, 6) is 5.41. The number of hydroxylamine groups is 2. The van der Waals surface area contributed by atoms with Crippen LogP contribution in [0.5, 0.6) is 0 Å². The fourth-order valence-corrected chi connectivity index (χ4v) is 3.54. The largest absolute Gasteiger partial charge is 0.461 e. The first-order valence-electron chi connectivity index (χ1n) is 10.1. The van der Waals surface area contributed by atoms with Crippen LogP contribution in [0.1, 0.15) is 21.5 Å². The Morgan fingerprint density at radius 2 is 1.66 bits per heavy atom. The van der Waals surface area contributed by atoms with E-state index < -0.39 is 11.4 Å². The first-order chi connectivity index (χ1) is 16.7. The number of nitrogens with one attached hydrogen (secondary N) is 1. The highest BCUT2D eigenvalue weighted by atomic mass is 32.2. The van der Waals surface area contributed by atoms with E-state index in [-0.39, 0.29) is 17.5 Å². The van der Waals surface area contributed by atoms with Gasteiger partial charge in [0.05, 0.1) is 28.7 Å². The molecule has 0 unspecified atom stereocenters. The summed E-state index contributed by atoms with van der Waals surface area (Å²) in [7, 11) is 1.25. The predicted octanol–water partition coefficient (Wildman–Crippen LogP) is 5.74. The normalized spacial score (nSPS) is 11.0. The monoisotopic (exact) mass is 494 g/mol. The summed E-state index contributed by atoms with van der Waals surface area (Å²) in [6, 6.07) is 16.8. The zero-order valence-corrected chi connectivity index (χ0v) is 19.0. The SMILES string of the molecule is CN(O)C(=O)c1cc(-c2ccc(C#Cc3ccc(NSC(F)(F)F)cc3)cc2)nc2ccncc12. The van der Waals surface area contributed by atoms with Crippen molar-refractivity contribution >= 4 is 34.4 Å². The first kappa shape index (κ1) is 24.1. The number of nitrogens with zero attached hydrogens (tertiary/aromatic N) is 3. The van der Waals surface area contributed by atoms with Gasteiger partial charge in [-0.1, -0.05) is 24.0 Å². The molecule has 1 amide bonds. The van der Waals surface area contributed by atoms with Crippen molar-refractivity contribution in [2.24, 2.45) is 0 Å². The molecule has 0 spiro atoms. The molecular formula is C25H17F3N4O2S. The number of pyridine rings is 2. The summed E-state index contributed by atoms with van der Waals surface area (Å²) in [4.78, 5) is 21.1. The molecule has 2 aromatic heterocycles. The molecule has 10 heteroatoms. The summed E-state index contributed by atoms with van der Waals surface area (Å²) < 4.78 is 39.0. The van der Waals surface area contributed by atoms with E-state index in [0.717, 1.165) is 11.1 Å². The summed E-state index contributed by atoms with van der Waals surface area (Å²) >= 11 is -0.321. The minimum Gasteiger partial charge on any atom is -0.323 e. The predicted molar refractivity (Wildman–Crippen MR) is 129 cm³/mol. The lowest BCUT2D eigenvalue weighted by Gasteiger charge is -2.12. The van der Waals surface area contributed by atoms with Gasteiger partial charge < -0.3 is 4.72 Å². The molecule has 2 N–H and O–H groups in total. The number of carbonyl (C=O) groups is 1. The van der Waals surface area contributed by atoms with Crippen LogP contribution in [0.4, 0.5) is 18.9 Å². The van der Waals surface area contributed by atoms with Gasteiger partial charge in [-0.05, 0) is 48.5 Å². The van der Waals surface area contributed by atoms with Gasteiger partial charge in [0, 0.05) is 47.2 Å². The quantitative estimate of drug-likeness (QED) is 0.163. The average Bonchev–Trinajstić information content (AvgIpc) is 2.85. The molecule has 0 aliphatic rings. The maximum absolute atomic E-state index is 12.5. The fourth-order valence-electron chi connectivity index (χ4n) is 3.17. The summed E-state index contributed by atoms with van der Waals surface area (Å²) in [5.41, 5.74) is -0.522. The van der Waals surface area contributed by atoms with Crippen molar-refractivity contribution in [2.75, 3.05) is 11.8 Å². The van der Waals surface area contributed by atoms with Crippen molar-refractivity contribution in [1.82, 2.24) is 15.0 Å². The van der Waals surface area contributed by atoms with E-state index in [2.05, 4.69) is 26.5 Å². The number of hydrogen-bond donors (Lipinski definition) is 2. The Morgan fingerprint density at radius 1 is 1.03 bits per heavy atom. The zero-order valence-electron chi connectivity index (χ0n) is 18.2. The Balaban J connectivity index is 1.54. The molecule has 4 aromatic rings. The maximum atomic E-state index is 12.5. The molecular weight excluding hydrogens is 477 g/mol. The van der Waals surface area contributed by atoms with Crippen LogP contribution in [0.3, 0.4) is 0 Å². The third-order valence-corrected chi connectivity index (χ3v) is 5.41. The molecule has 176 valence electrons. The Hall–Kier alpha value is -4.07. The van der Waals surface area contributed by atoms with Gasteiger partial charge in [0.1, 0.15) is 0 Å².